The average molecular weight is 292 g/mol. The average Bonchev–Trinajstić information content (AvgIpc) is 2.26. The Morgan fingerprint density at radius 2 is 2.00 bits per heavy atom. The number of nitrogens with zero attached hydrogens (tertiary/aromatic N) is 1. The van der Waals surface area contributed by atoms with Crippen molar-refractivity contribution in [2.45, 2.75) is 26.4 Å². The van der Waals surface area contributed by atoms with Crippen molar-refractivity contribution in [2.24, 2.45) is 0 Å². The maximum absolute atomic E-state index is 11.6. The molecule has 4 nitrogen and oxygen atoms in total. The Hall–Kier alpha value is -0.840. The Morgan fingerprint density at radius 3 is 2.56 bits per heavy atom. The van der Waals surface area contributed by atoms with E-state index in [2.05, 4.69) is 4.98 Å². The number of ether oxygens (including phenoxy) is 2. The van der Waals surface area contributed by atoms with E-state index in [1.807, 2.05) is 20.8 Å². The molecule has 0 saturated carbocycles. The third-order valence-electron chi connectivity index (χ3n) is 1.88. The molecule has 0 spiro atoms. The van der Waals surface area contributed by atoms with E-state index in [-0.39, 0.29) is 27.9 Å². The third kappa shape index (κ3) is 5.21. The Morgan fingerprint density at radius 1 is 1.33 bits per heavy atom. The normalized spacial score (nSPS) is 11.4. The second-order valence-electron chi connectivity index (χ2n) is 4.59. The standard InChI is InChI=1S/C12H15Cl2NO3/c1-12(2,3)18-5-4-17-11(16)8-6-9(13)10(14)15-7-8/h6-7H,4-5H2,1-3H3. The quantitative estimate of drug-likeness (QED) is 0.485. The lowest BCUT2D eigenvalue weighted by molar-refractivity contribution is -0.0281. The van der Waals surface area contributed by atoms with Crippen molar-refractivity contribution in [3.05, 3.63) is 28.0 Å². The van der Waals surface area contributed by atoms with Crippen LogP contribution in [0.4, 0.5) is 0 Å². The van der Waals surface area contributed by atoms with Gasteiger partial charge in [0.15, 0.2) is 0 Å². The molecule has 18 heavy (non-hydrogen) atoms. The van der Waals surface area contributed by atoms with Gasteiger partial charge in [-0.05, 0) is 26.8 Å². The number of carbonyl (C=O) groups excluding carboxylic acids is 1. The fraction of sp³-hybridized carbons (Fsp3) is 0.500. The highest BCUT2D eigenvalue weighted by Gasteiger charge is 2.12. The van der Waals surface area contributed by atoms with E-state index in [9.17, 15) is 4.79 Å². The van der Waals surface area contributed by atoms with Gasteiger partial charge in [0, 0.05) is 6.20 Å². The fourth-order valence-corrected chi connectivity index (χ4v) is 1.37. The molecule has 0 bridgehead atoms. The Bertz CT molecular complexity index is 430. The zero-order valence-electron chi connectivity index (χ0n) is 10.5. The largest absolute Gasteiger partial charge is 0.460 e. The number of esters is 1. The van der Waals surface area contributed by atoms with Crippen LogP contribution in [-0.4, -0.2) is 29.8 Å². The molecule has 1 aromatic heterocycles. The number of halogens is 2. The second kappa shape index (κ2) is 6.36. The molecule has 100 valence electrons. The number of aromatic nitrogens is 1. The summed E-state index contributed by atoms with van der Waals surface area (Å²) in [6.45, 7) is 6.30. The highest BCUT2D eigenvalue weighted by molar-refractivity contribution is 6.41. The van der Waals surface area contributed by atoms with Crippen molar-refractivity contribution in [3.8, 4) is 0 Å². The minimum absolute atomic E-state index is 0.157. The molecular formula is C12H15Cl2NO3. The minimum Gasteiger partial charge on any atom is -0.460 e. The molecule has 1 heterocycles. The lowest BCUT2D eigenvalue weighted by Gasteiger charge is -2.19. The molecule has 1 rings (SSSR count). The smallest absolute Gasteiger partial charge is 0.339 e. The molecule has 0 N–H and O–H groups in total. The molecule has 0 radical (unpaired) electrons. The summed E-state index contributed by atoms with van der Waals surface area (Å²) in [4.78, 5) is 15.4. The minimum atomic E-state index is -0.501. The van der Waals surface area contributed by atoms with Crippen LogP contribution in [-0.2, 0) is 9.47 Å². The van der Waals surface area contributed by atoms with Crippen molar-refractivity contribution in [1.29, 1.82) is 0 Å². The first-order chi connectivity index (χ1) is 8.29. The van der Waals surface area contributed by atoms with Gasteiger partial charge in [-0.3, -0.25) is 0 Å². The maximum atomic E-state index is 11.6. The SMILES string of the molecule is CC(C)(C)OCCOC(=O)c1cnc(Cl)c(Cl)c1. The molecule has 0 aliphatic rings. The summed E-state index contributed by atoms with van der Waals surface area (Å²) >= 11 is 11.4. The summed E-state index contributed by atoms with van der Waals surface area (Å²) in [5, 5.41) is 0.376. The van der Waals surface area contributed by atoms with Gasteiger partial charge in [0.1, 0.15) is 11.8 Å². The molecule has 0 amide bonds. The number of hydrogen-bond acceptors (Lipinski definition) is 4. The molecule has 0 aliphatic heterocycles. The maximum Gasteiger partial charge on any atom is 0.339 e. The topological polar surface area (TPSA) is 48.4 Å². The third-order valence-corrected chi connectivity index (χ3v) is 2.57. The molecule has 0 saturated heterocycles. The van der Waals surface area contributed by atoms with Crippen molar-refractivity contribution in [3.63, 3.8) is 0 Å². The number of rotatable bonds is 4. The van der Waals surface area contributed by atoms with Crippen LogP contribution in [0.2, 0.25) is 10.2 Å². The van der Waals surface area contributed by atoms with E-state index in [0.717, 1.165) is 0 Å². The van der Waals surface area contributed by atoms with Crippen molar-refractivity contribution in [2.75, 3.05) is 13.2 Å². The lowest BCUT2D eigenvalue weighted by atomic mass is 10.2. The van der Waals surface area contributed by atoms with E-state index in [1.54, 1.807) is 0 Å². The van der Waals surface area contributed by atoms with Gasteiger partial charge in [0.05, 0.1) is 22.8 Å². The zero-order valence-corrected chi connectivity index (χ0v) is 12.0. The molecule has 0 aliphatic carbocycles. The first kappa shape index (κ1) is 15.2. The Balaban J connectivity index is 2.43. The van der Waals surface area contributed by atoms with Gasteiger partial charge in [0.25, 0.3) is 0 Å². The van der Waals surface area contributed by atoms with Crippen LogP contribution >= 0.6 is 23.2 Å². The summed E-state index contributed by atoms with van der Waals surface area (Å²) in [5.74, 6) is -0.501. The van der Waals surface area contributed by atoms with Crippen molar-refractivity contribution < 1.29 is 14.3 Å². The summed E-state index contributed by atoms with van der Waals surface area (Å²) in [5.41, 5.74) is 0.0116. The fourth-order valence-electron chi connectivity index (χ4n) is 1.10. The van der Waals surface area contributed by atoms with Gasteiger partial charge in [-0.25, -0.2) is 9.78 Å². The summed E-state index contributed by atoms with van der Waals surface area (Å²) < 4.78 is 10.4. The molecule has 0 fully saturated rings. The summed E-state index contributed by atoms with van der Waals surface area (Å²) in [6.07, 6.45) is 1.32. The van der Waals surface area contributed by atoms with Crippen LogP contribution < -0.4 is 0 Å². The number of carbonyl (C=O) groups is 1. The highest BCUT2D eigenvalue weighted by atomic mass is 35.5. The monoisotopic (exact) mass is 291 g/mol. The van der Waals surface area contributed by atoms with Gasteiger partial charge in [-0.2, -0.15) is 0 Å². The molecule has 0 atom stereocenters. The molecular weight excluding hydrogens is 277 g/mol. The number of pyridine rings is 1. The van der Waals surface area contributed by atoms with Crippen molar-refractivity contribution >= 4 is 29.2 Å². The van der Waals surface area contributed by atoms with Crippen LogP contribution in [0.25, 0.3) is 0 Å². The van der Waals surface area contributed by atoms with E-state index < -0.39 is 5.97 Å². The molecule has 1 aromatic rings. The van der Waals surface area contributed by atoms with Gasteiger partial charge in [-0.15, -0.1) is 0 Å². The summed E-state index contributed by atoms with van der Waals surface area (Å²) in [7, 11) is 0. The highest BCUT2D eigenvalue weighted by Crippen LogP contribution is 2.20. The molecule has 0 aromatic carbocycles. The van der Waals surface area contributed by atoms with Crippen LogP contribution in [0, 0.1) is 0 Å². The first-order valence-electron chi connectivity index (χ1n) is 5.42. The van der Waals surface area contributed by atoms with Gasteiger partial charge in [0.2, 0.25) is 0 Å². The van der Waals surface area contributed by atoms with Crippen molar-refractivity contribution in [1.82, 2.24) is 4.98 Å². The lowest BCUT2D eigenvalue weighted by Crippen LogP contribution is -2.22. The van der Waals surface area contributed by atoms with Gasteiger partial charge >= 0.3 is 5.97 Å². The van der Waals surface area contributed by atoms with Crippen LogP contribution in [0.15, 0.2) is 12.3 Å². The summed E-state index contributed by atoms with van der Waals surface area (Å²) in [6, 6.07) is 1.42. The van der Waals surface area contributed by atoms with Crippen LogP contribution in [0.3, 0.4) is 0 Å². The van der Waals surface area contributed by atoms with Gasteiger partial charge < -0.3 is 9.47 Å². The first-order valence-corrected chi connectivity index (χ1v) is 6.17. The van der Waals surface area contributed by atoms with Gasteiger partial charge in [-0.1, -0.05) is 23.2 Å². The molecule has 6 heteroatoms. The van der Waals surface area contributed by atoms with E-state index in [4.69, 9.17) is 32.7 Å². The Kier molecular flexibility index (Phi) is 5.38. The Labute approximate surface area is 116 Å². The number of hydrogen-bond donors (Lipinski definition) is 0. The second-order valence-corrected chi connectivity index (χ2v) is 5.36. The van der Waals surface area contributed by atoms with E-state index >= 15 is 0 Å². The molecule has 0 unspecified atom stereocenters. The van der Waals surface area contributed by atoms with E-state index in [1.165, 1.54) is 12.3 Å². The van der Waals surface area contributed by atoms with E-state index in [0.29, 0.717) is 6.61 Å². The van der Waals surface area contributed by atoms with Crippen LogP contribution in [0.1, 0.15) is 31.1 Å². The zero-order chi connectivity index (χ0) is 13.8. The predicted molar refractivity (Wildman–Crippen MR) is 70.2 cm³/mol. The van der Waals surface area contributed by atoms with Crippen LogP contribution in [0.5, 0.6) is 0 Å². The predicted octanol–water partition coefficient (Wildman–Crippen LogP) is 3.36.